The van der Waals surface area contributed by atoms with Gasteiger partial charge in [-0.25, -0.2) is 0 Å². The summed E-state index contributed by atoms with van der Waals surface area (Å²) in [6.45, 7) is 6.97. The third-order valence-electron chi connectivity index (χ3n) is 4.08. The summed E-state index contributed by atoms with van der Waals surface area (Å²) in [5.74, 6) is 2.64. The Morgan fingerprint density at radius 3 is 2.32 bits per heavy atom. The minimum atomic E-state index is 0.836. The highest BCUT2D eigenvalue weighted by molar-refractivity contribution is 5.27. The van der Waals surface area contributed by atoms with E-state index in [0.29, 0.717) is 0 Å². The van der Waals surface area contributed by atoms with Crippen molar-refractivity contribution in [2.24, 2.45) is 11.8 Å². The van der Waals surface area contributed by atoms with Crippen molar-refractivity contribution in [1.82, 2.24) is 0 Å². The van der Waals surface area contributed by atoms with Gasteiger partial charge in [0.15, 0.2) is 0 Å². The van der Waals surface area contributed by atoms with Crippen molar-refractivity contribution in [1.29, 1.82) is 0 Å². The van der Waals surface area contributed by atoms with E-state index in [9.17, 15) is 0 Å². The zero-order chi connectivity index (χ0) is 14.1. The van der Waals surface area contributed by atoms with Crippen LogP contribution in [-0.4, -0.2) is 7.11 Å². The molecule has 2 unspecified atom stereocenters. The van der Waals surface area contributed by atoms with Crippen LogP contribution in [0.5, 0.6) is 5.75 Å². The van der Waals surface area contributed by atoms with Crippen molar-refractivity contribution < 1.29 is 4.74 Å². The van der Waals surface area contributed by atoms with Crippen LogP contribution in [0.3, 0.4) is 0 Å². The molecular formula is C18H30O. The lowest BCUT2D eigenvalue weighted by Crippen LogP contribution is -2.09. The fourth-order valence-electron chi connectivity index (χ4n) is 2.63. The van der Waals surface area contributed by atoms with Crippen LogP contribution in [-0.2, 0) is 6.42 Å². The Balaban J connectivity index is 2.58. The first kappa shape index (κ1) is 16.1. The van der Waals surface area contributed by atoms with Gasteiger partial charge in [-0.3, -0.25) is 0 Å². The molecule has 0 heterocycles. The third kappa shape index (κ3) is 6.13. The van der Waals surface area contributed by atoms with Crippen LogP contribution >= 0.6 is 0 Å². The molecule has 0 N–H and O–H groups in total. The molecule has 0 fully saturated rings. The molecule has 0 aliphatic carbocycles. The number of rotatable bonds is 9. The standard InChI is InChI=1S/C18H30O/c1-5-7-8-17(13-15(3)6-2)14-16-9-11-18(19-4)12-10-16/h9-12,15,17H,5-8,13-14H2,1-4H3. The van der Waals surface area contributed by atoms with E-state index in [0.717, 1.165) is 17.6 Å². The topological polar surface area (TPSA) is 9.23 Å². The number of hydrogen-bond donors (Lipinski definition) is 0. The molecule has 0 saturated heterocycles. The number of benzene rings is 1. The van der Waals surface area contributed by atoms with E-state index in [4.69, 9.17) is 4.74 Å². The Bertz CT molecular complexity index is 328. The van der Waals surface area contributed by atoms with Crippen LogP contribution in [0.15, 0.2) is 24.3 Å². The normalized spacial score (nSPS) is 14.1. The number of unbranched alkanes of at least 4 members (excludes halogenated alkanes) is 1. The van der Waals surface area contributed by atoms with Gasteiger partial charge < -0.3 is 4.74 Å². The molecule has 0 radical (unpaired) electrons. The predicted octanol–water partition coefficient (Wildman–Crippen LogP) is 5.48. The first-order valence-electron chi connectivity index (χ1n) is 7.82. The molecule has 1 heteroatoms. The maximum absolute atomic E-state index is 5.22. The molecule has 1 aromatic carbocycles. The minimum Gasteiger partial charge on any atom is -0.497 e. The lowest BCUT2D eigenvalue weighted by Gasteiger charge is -2.20. The largest absolute Gasteiger partial charge is 0.497 e. The maximum Gasteiger partial charge on any atom is 0.118 e. The summed E-state index contributed by atoms with van der Waals surface area (Å²) in [4.78, 5) is 0. The van der Waals surface area contributed by atoms with Crippen LogP contribution in [0.25, 0.3) is 0 Å². The smallest absolute Gasteiger partial charge is 0.118 e. The molecule has 1 nitrogen and oxygen atoms in total. The van der Waals surface area contributed by atoms with Crippen molar-refractivity contribution >= 4 is 0 Å². The Labute approximate surface area is 119 Å². The number of ether oxygens (including phenoxy) is 1. The molecule has 1 aromatic rings. The third-order valence-corrected chi connectivity index (χ3v) is 4.08. The lowest BCUT2D eigenvalue weighted by atomic mass is 9.86. The van der Waals surface area contributed by atoms with E-state index in [1.54, 1.807) is 7.11 Å². The highest BCUT2D eigenvalue weighted by Crippen LogP contribution is 2.25. The van der Waals surface area contributed by atoms with Gasteiger partial charge in [-0.2, -0.15) is 0 Å². The van der Waals surface area contributed by atoms with Crippen LogP contribution in [0.4, 0.5) is 0 Å². The van der Waals surface area contributed by atoms with Gasteiger partial charge in [0.25, 0.3) is 0 Å². The molecule has 0 saturated carbocycles. The van der Waals surface area contributed by atoms with Gasteiger partial charge in [-0.1, -0.05) is 58.6 Å². The lowest BCUT2D eigenvalue weighted by molar-refractivity contribution is 0.353. The van der Waals surface area contributed by atoms with Crippen LogP contribution < -0.4 is 4.74 Å². The van der Waals surface area contributed by atoms with Crippen molar-refractivity contribution in [2.75, 3.05) is 7.11 Å². The Hall–Kier alpha value is -0.980. The Morgan fingerprint density at radius 2 is 1.79 bits per heavy atom. The van der Waals surface area contributed by atoms with Gasteiger partial charge in [0, 0.05) is 0 Å². The molecule has 1 rings (SSSR count). The van der Waals surface area contributed by atoms with Gasteiger partial charge in [0.1, 0.15) is 5.75 Å². The highest BCUT2D eigenvalue weighted by atomic mass is 16.5. The van der Waals surface area contributed by atoms with Crippen molar-refractivity contribution in [3.05, 3.63) is 29.8 Å². The summed E-state index contributed by atoms with van der Waals surface area (Å²) >= 11 is 0. The minimum absolute atomic E-state index is 0.836. The molecule has 0 aliphatic rings. The highest BCUT2D eigenvalue weighted by Gasteiger charge is 2.13. The molecule has 108 valence electrons. The van der Waals surface area contributed by atoms with E-state index in [1.165, 1.54) is 44.1 Å². The SMILES string of the molecule is CCCCC(Cc1ccc(OC)cc1)CC(C)CC. The van der Waals surface area contributed by atoms with Crippen LogP contribution in [0.2, 0.25) is 0 Å². The second-order valence-electron chi connectivity index (χ2n) is 5.81. The zero-order valence-electron chi connectivity index (χ0n) is 13.1. The zero-order valence-corrected chi connectivity index (χ0v) is 13.1. The van der Waals surface area contributed by atoms with Gasteiger partial charge in [0.05, 0.1) is 7.11 Å². The summed E-state index contributed by atoms with van der Waals surface area (Å²) in [6, 6.07) is 8.59. The Kier molecular flexibility index (Phi) is 7.62. The number of hydrogen-bond acceptors (Lipinski definition) is 1. The fourth-order valence-corrected chi connectivity index (χ4v) is 2.63. The van der Waals surface area contributed by atoms with E-state index in [-0.39, 0.29) is 0 Å². The molecule has 0 bridgehead atoms. The molecular weight excluding hydrogens is 232 g/mol. The van der Waals surface area contributed by atoms with Crippen molar-refractivity contribution in [3.8, 4) is 5.75 Å². The first-order chi connectivity index (χ1) is 9.19. The monoisotopic (exact) mass is 262 g/mol. The van der Waals surface area contributed by atoms with E-state index in [1.807, 2.05) is 0 Å². The second-order valence-corrected chi connectivity index (χ2v) is 5.81. The first-order valence-corrected chi connectivity index (χ1v) is 7.82. The molecule has 0 aromatic heterocycles. The van der Waals surface area contributed by atoms with Gasteiger partial charge in [-0.15, -0.1) is 0 Å². The summed E-state index contributed by atoms with van der Waals surface area (Å²) in [5.41, 5.74) is 1.45. The van der Waals surface area contributed by atoms with Crippen molar-refractivity contribution in [2.45, 2.75) is 59.3 Å². The second kappa shape index (κ2) is 9.01. The van der Waals surface area contributed by atoms with Gasteiger partial charge >= 0.3 is 0 Å². The molecule has 0 aliphatic heterocycles. The summed E-state index contributed by atoms with van der Waals surface area (Å²) in [5, 5.41) is 0. The average Bonchev–Trinajstić information content (AvgIpc) is 2.45. The quantitative estimate of drug-likeness (QED) is 0.572. The van der Waals surface area contributed by atoms with Gasteiger partial charge in [0.2, 0.25) is 0 Å². The van der Waals surface area contributed by atoms with Gasteiger partial charge in [-0.05, 0) is 42.4 Å². The predicted molar refractivity (Wildman–Crippen MR) is 83.8 cm³/mol. The summed E-state index contributed by atoms with van der Waals surface area (Å²) < 4.78 is 5.22. The van der Waals surface area contributed by atoms with Crippen LogP contribution in [0.1, 0.15) is 58.4 Å². The number of methoxy groups -OCH3 is 1. The molecule has 19 heavy (non-hydrogen) atoms. The summed E-state index contributed by atoms with van der Waals surface area (Å²) in [7, 11) is 1.72. The van der Waals surface area contributed by atoms with E-state index in [2.05, 4.69) is 45.0 Å². The Morgan fingerprint density at radius 1 is 1.11 bits per heavy atom. The average molecular weight is 262 g/mol. The van der Waals surface area contributed by atoms with Crippen LogP contribution in [0, 0.1) is 11.8 Å². The van der Waals surface area contributed by atoms with E-state index < -0.39 is 0 Å². The van der Waals surface area contributed by atoms with Crippen molar-refractivity contribution in [3.63, 3.8) is 0 Å². The molecule has 0 spiro atoms. The summed E-state index contributed by atoms with van der Waals surface area (Å²) in [6.07, 6.45) is 7.91. The fraction of sp³-hybridized carbons (Fsp3) is 0.667. The molecule has 0 amide bonds. The maximum atomic E-state index is 5.22. The molecule has 2 atom stereocenters. The van der Waals surface area contributed by atoms with E-state index >= 15 is 0 Å².